The van der Waals surface area contributed by atoms with Gasteiger partial charge in [-0.05, 0) is 58.7 Å². The molecule has 0 saturated carbocycles. The number of benzene rings is 2. The number of hydrogen-bond acceptors (Lipinski definition) is 3. The number of carbonyl (C=O) groups is 1. The molecule has 1 aliphatic rings. The molecule has 174 valence electrons. The van der Waals surface area contributed by atoms with Crippen LogP contribution >= 0.6 is 15.9 Å². The Balaban J connectivity index is 1.58. The summed E-state index contributed by atoms with van der Waals surface area (Å²) in [7, 11) is 0. The van der Waals surface area contributed by atoms with Crippen molar-refractivity contribution in [2.75, 3.05) is 31.1 Å². The van der Waals surface area contributed by atoms with Gasteiger partial charge in [-0.2, -0.15) is 13.2 Å². The molecule has 4 nitrogen and oxygen atoms in total. The molecule has 0 unspecified atom stereocenters. The molecule has 0 radical (unpaired) electrons. The molecule has 2 heterocycles. The highest BCUT2D eigenvalue weighted by atomic mass is 79.9. The summed E-state index contributed by atoms with van der Waals surface area (Å²) in [5.74, 6) is -0.283. The van der Waals surface area contributed by atoms with Crippen LogP contribution < -0.4 is 4.90 Å². The molecular weight excluding hydrogens is 504 g/mol. The lowest BCUT2D eigenvalue weighted by Crippen LogP contribution is -2.49. The summed E-state index contributed by atoms with van der Waals surface area (Å²) in [5.41, 5.74) is 1.55. The van der Waals surface area contributed by atoms with Gasteiger partial charge < -0.3 is 14.2 Å². The zero-order valence-electron chi connectivity index (χ0n) is 17.8. The van der Waals surface area contributed by atoms with E-state index in [1.807, 2.05) is 6.92 Å². The summed E-state index contributed by atoms with van der Waals surface area (Å²) >= 11 is 3.35. The smallest absolute Gasteiger partial charge is 0.416 e. The molecule has 9 heteroatoms. The fourth-order valence-electron chi connectivity index (χ4n) is 3.97. The van der Waals surface area contributed by atoms with Gasteiger partial charge in [-0.25, -0.2) is 4.39 Å². The summed E-state index contributed by atoms with van der Waals surface area (Å²) in [6.45, 7) is 3.94. The standard InChI is InChI=1S/C24H21BrF4N2O2/c1-2-19-20(21(33-22(19)25)15-3-5-16(6-4-15)24(27,28)29)23(32)31-13-11-30(12-14-31)18-9-7-17(26)8-10-18/h3-10H,2,11-14H2,1H3. The van der Waals surface area contributed by atoms with Gasteiger partial charge in [-0.15, -0.1) is 0 Å². The lowest BCUT2D eigenvalue weighted by atomic mass is 10.0. The highest BCUT2D eigenvalue weighted by Crippen LogP contribution is 2.38. The zero-order valence-corrected chi connectivity index (χ0v) is 19.3. The number of anilines is 1. The van der Waals surface area contributed by atoms with E-state index in [2.05, 4.69) is 20.8 Å². The van der Waals surface area contributed by atoms with Crippen molar-refractivity contribution in [3.8, 4) is 11.3 Å². The summed E-state index contributed by atoms with van der Waals surface area (Å²) in [6, 6.07) is 10.8. The quantitative estimate of drug-likeness (QED) is 0.371. The molecule has 1 saturated heterocycles. The van der Waals surface area contributed by atoms with Crippen LogP contribution in [0.3, 0.4) is 0 Å². The van der Waals surface area contributed by atoms with E-state index in [-0.39, 0.29) is 17.5 Å². The number of furan rings is 1. The first kappa shape index (κ1) is 23.4. The van der Waals surface area contributed by atoms with Crippen molar-refractivity contribution in [1.82, 2.24) is 4.90 Å². The monoisotopic (exact) mass is 524 g/mol. The summed E-state index contributed by atoms with van der Waals surface area (Å²) in [4.78, 5) is 17.3. The van der Waals surface area contributed by atoms with Crippen LogP contribution in [0.4, 0.5) is 23.2 Å². The van der Waals surface area contributed by atoms with Crippen molar-refractivity contribution in [2.24, 2.45) is 0 Å². The number of halogens is 5. The van der Waals surface area contributed by atoms with E-state index in [1.165, 1.54) is 24.3 Å². The lowest BCUT2D eigenvalue weighted by Gasteiger charge is -2.36. The average Bonchev–Trinajstić information content (AvgIpc) is 3.15. The van der Waals surface area contributed by atoms with E-state index in [1.54, 1.807) is 17.0 Å². The Morgan fingerprint density at radius 1 is 1.00 bits per heavy atom. The molecule has 33 heavy (non-hydrogen) atoms. The van der Waals surface area contributed by atoms with Crippen molar-refractivity contribution >= 4 is 27.5 Å². The maximum absolute atomic E-state index is 13.5. The van der Waals surface area contributed by atoms with Crippen LogP contribution in [0.2, 0.25) is 0 Å². The van der Waals surface area contributed by atoms with E-state index in [4.69, 9.17) is 4.42 Å². The molecule has 3 aromatic rings. The van der Waals surface area contributed by atoms with Gasteiger partial charge in [-0.1, -0.05) is 19.1 Å². The van der Waals surface area contributed by atoms with Crippen LogP contribution in [0, 0.1) is 5.82 Å². The van der Waals surface area contributed by atoms with Gasteiger partial charge in [0.05, 0.1) is 11.1 Å². The fraction of sp³-hybridized carbons (Fsp3) is 0.292. The van der Waals surface area contributed by atoms with Gasteiger partial charge in [0.2, 0.25) is 0 Å². The van der Waals surface area contributed by atoms with Gasteiger partial charge in [0.25, 0.3) is 5.91 Å². The second-order valence-electron chi connectivity index (χ2n) is 7.74. The summed E-state index contributed by atoms with van der Waals surface area (Å²) in [5, 5.41) is 0. The number of piperazine rings is 1. The van der Waals surface area contributed by atoms with Crippen molar-refractivity contribution < 1.29 is 26.8 Å². The van der Waals surface area contributed by atoms with Crippen LogP contribution in [0.1, 0.15) is 28.4 Å². The molecule has 1 aliphatic heterocycles. The fourth-order valence-corrected chi connectivity index (χ4v) is 4.61. The highest BCUT2D eigenvalue weighted by molar-refractivity contribution is 9.10. The predicted molar refractivity (Wildman–Crippen MR) is 121 cm³/mol. The molecule has 0 N–H and O–H groups in total. The molecule has 4 rings (SSSR count). The second-order valence-corrected chi connectivity index (χ2v) is 8.46. The van der Waals surface area contributed by atoms with Gasteiger partial charge in [-0.3, -0.25) is 4.79 Å². The zero-order chi connectivity index (χ0) is 23.8. The van der Waals surface area contributed by atoms with E-state index in [9.17, 15) is 22.4 Å². The first-order valence-corrected chi connectivity index (χ1v) is 11.3. The number of alkyl halides is 3. The van der Waals surface area contributed by atoms with E-state index in [0.717, 1.165) is 17.8 Å². The largest absolute Gasteiger partial charge is 0.448 e. The molecule has 0 aliphatic carbocycles. The number of carbonyl (C=O) groups excluding carboxylic acids is 1. The van der Waals surface area contributed by atoms with E-state index < -0.39 is 11.7 Å². The molecular formula is C24H21BrF4N2O2. The maximum atomic E-state index is 13.5. The molecule has 0 atom stereocenters. The summed E-state index contributed by atoms with van der Waals surface area (Å²) in [6.07, 6.45) is -3.93. The van der Waals surface area contributed by atoms with Gasteiger partial charge >= 0.3 is 6.18 Å². The topological polar surface area (TPSA) is 36.7 Å². The number of nitrogens with zero attached hydrogens (tertiary/aromatic N) is 2. The number of amides is 1. The first-order chi connectivity index (χ1) is 15.7. The maximum Gasteiger partial charge on any atom is 0.416 e. The number of rotatable bonds is 4. The van der Waals surface area contributed by atoms with Gasteiger partial charge in [0.1, 0.15) is 11.6 Å². The van der Waals surface area contributed by atoms with Crippen LogP contribution in [-0.4, -0.2) is 37.0 Å². The Morgan fingerprint density at radius 2 is 1.61 bits per heavy atom. The molecule has 1 amide bonds. The van der Waals surface area contributed by atoms with Crippen LogP contribution in [-0.2, 0) is 12.6 Å². The third-order valence-electron chi connectivity index (χ3n) is 5.76. The Bertz CT molecular complexity index is 1130. The Kier molecular flexibility index (Phi) is 6.52. The molecule has 0 bridgehead atoms. The van der Waals surface area contributed by atoms with Gasteiger partial charge in [0.15, 0.2) is 4.67 Å². The minimum atomic E-state index is -4.44. The molecule has 0 spiro atoms. The summed E-state index contributed by atoms with van der Waals surface area (Å²) < 4.78 is 58.3. The van der Waals surface area contributed by atoms with Crippen molar-refractivity contribution in [3.05, 3.63) is 75.7 Å². The van der Waals surface area contributed by atoms with E-state index in [0.29, 0.717) is 54.0 Å². The SMILES string of the molecule is CCc1c(Br)oc(-c2ccc(C(F)(F)F)cc2)c1C(=O)N1CCN(c2ccc(F)cc2)CC1. The normalized spacial score (nSPS) is 14.6. The molecule has 1 aromatic heterocycles. The predicted octanol–water partition coefficient (Wildman–Crippen LogP) is 6.39. The molecule has 1 fully saturated rings. The average molecular weight is 525 g/mol. The Hall–Kier alpha value is -2.81. The number of hydrogen-bond donors (Lipinski definition) is 0. The first-order valence-electron chi connectivity index (χ1n) is 10.5. The van der Waals surface area contributed by atoms with Crippen LogP contribution in [0.5, 0.6) is 0 Å². The third kappa shape index (κ3) is 4.78. The highest BCUT2D eigenvalue weighted by Gasteiger charge is 2.32. The molecule has 2 aromatic carbocycles. The van der Waals surface area contributed by atoms with Crippen molar-refractivity contribution in [3.63, 3.8) is 0 Å². The third-order valence-corrected chi connectivity index (χ3v) is 6.40. The lowest BCUT2D eigenvalue weighted by molar-refractivity contribution is -0.137. The van der Waals surface area contributed by atoms with E-state index >= 15 is 0 Å². The Labute approximate surface area is 196 Å². The van der Waals surface area contributed by atoms with Gasteiger partial charge in [0, 0.05) is 43.0 Å². The van der Waals surface area contributed by atoms with Crippen molar-refractivity contribution in [2.45, 2.75) is 19.5 Å². The second kappa shape index (κ2) is 9.21. The minimum absolute atomic E-state index is 0.227. The van der Waals surface area contributed by atoms with Crippen LogP contribution in [0.15, 0.2) is 57.6 Å². The van der Waals surface area contributed by atoms with Crippen LogP contribution in [0.25, 0.3) is 11.3 Å². The Morgan fingerprint density at radius 3 is 2.15 bits per heavy atom. The van der Waals surface area contributed by atoms with Crippen molar-refractivity contribution in [1.29, 1.82) is 0 Å². The minimum Gasteiger partial charge on any atom is -0.448 e.